The fourth-order valence-corrected chi connectivity index (χ4v) is 2.74. The van der Waals surface area contributed by atoms with Crippen molar-refractivity contribution in [3.63, 3.8) is 0 Å². The number of hydrogen-bond donors (Lipinski definition) is 2. The van der Waals surface area contributed by atoms with Crippen LogP contribution in [0.1, 0.15) is 30.9 Å². The van der Waals surface area contributed by atoms with Crippen molar-refractivity contribution >= 4 is 11.9 Å². The van der Waals surface area contributed by atoms with Gasteiger partial charge in [0.05, 0.1) is 6.20 Å². The Balaban J connectivity index is 2.00. The van der Waals surface area contributed by atoms with E-state index in [-0.39, 0.29) is 12.5 Å². The average molecular weight is 329 g/mol. The van der Waals surface area contributed by atoms with Crippen LogP contribution < -0.4 is 5.32 Å². The Labute approximate surface area is 141 Å². The molecule has 0 saturated carbocycles. The lowest BCUT2D eigenvalue weighted by molar-refractivity contribution is -0.144. The Morgan fingerprint density at radius 1 is 1.29 bits per heavy atom. The van der Waals surface area contributed by atoms with Crippen LogP contribution >= 0.6 is 0 Å². The van der Waals surface area contributed by atoms with Gasteiger partial charge in [0.1, 0.15) is 5.41 Å². The number of carboxylic acid groups (broad SMARTS) is 1. The van der Waals surface area contributed by atoms with E-state index in [2.05, 4.69) is 10.4 Å². The molecule has 0 aliphatic carbocycles. The third kappa shape index (κ3) is 4.01. The van der Waals surface area contributed by atoms with Crippen molar-refractivity contribution in [3.05, 3.63) is 53.9 Å². The summed E-state index contributed by atoms with van der Waals surface area (Å²) in [6.07, 6.45) is 4.88. The Kier molecular flexibility index (Phi) is 5.73. The molecule has 1 aromatic heterocycles. The summed E-state index contributed by atoms with van der Waals surface area (Å²) in [6, 6.07) is 9.05. The van der Waals surface area contributed by atoms with Gasteiger partial charge in [0, 0.05) is 26.2 Å². The lowest BCUT2D eigenvalue weighted by atomic mass is 9.78. The molecule has 1 atom stereocenters. The van der Waals surface area contributed by atoms with Crippen molar-refractivity contribution in [2.24, 2.45) is 7.05 Å². The summed E-state index contributed by atoms with van der Waals surface area (Å²) in [5.74, 6) is -1.09. The highest BCUT2D eigenvalue weighted by molar-refractivity contribution is 5.83. The molecule has 6 nitrogen and oxygen atoms in total. The SMILES string of the molecule is CCC(CNC(=O)CCc1cnn(C)c1)(C(=O)O)c1ccccc1. The molecule has 0 aliphatic heterocycles. The van der Waals surface area contributed by atoms with Gasteiger partial charge >= 0.3 is 5.97 Å². The Morgan fingerprint density at radius 2 is 2.00 bits per heavy atom. The van der Waals surface area contributed by atoms with E-state index < -0.39 is 11.4 Å². The molecule has 2 N–H and O–H groups in total. The minimum absolute atomic E-state index is 0.0781. The molecule has 2 aromatic rings. The summed E-state index contributed by atoms with van der Waals surface area (Å²) in [6.45, 7) is 1.90. The van der Waals surface area contributed by atoms with E-state index in [4.69, 9.17) is 0 Å². The molecule has 6 heteroatoms. The third-order valence-corrected chi connectivity index (χ3v) is 4.33. The molecule has 1 unspecified atom stereocenters. The normalized spacial score (nSPS) is 13.2. The second-order valence-corrected chi connectivity index (χ2v) is 5.91. The zero-order chi connectivity index (χ0) is 17.6. The molecule has 128 valence electrons. The number of carbonyl (C=O) groups excluding carboxylic acids is 1. The minimum Gasteiger partial charge on any atom is -0.481 e. The van der Waals surface area contributed by atoms with Crippen molar-refractivity contribution in [1.82, 2.24) is 15.1 Å². The molecule has 1 aromatic carbocycles. The summed E-state index contributed by atoms with van der Waals surface area (Å²) < 4.78 is 1.69. The Bertz CT molecular complexity index is 697. The quantitative estimate of drug-likeness (QED) is 0.775. The van der Waals surface area contributed by atoms with Gasteiger partial charge in [0.2, 0.25) is 5.91 Å². The number of amides is 1. The Hall–Kier alpha value is -2.63. The maximum atomic E-state index is 12.1. The zero-order valence-corrected chi connectivity index (χ0v) is 14.0. The molecule has 2 rings (SSSR count). The largest absolute Gasteiger partial charge is 0.481 e. The van der Waals surface area contributed by atoms with Gasteiger partial charge in [0.15, 0.2) is 0 Å². The first-order valence-corrected chi connectivity index (χ1v) is 8.01. The molecule has 24 heavy (non-hydrogen) atoms. The third-order valence-electron chi connectivity index (χ3n) is 4.33. The number of aromatic nitrogens is 2. The molecular weight excluding hydrogens is 306 g/mol. The number of nitrogens with one attached hydrogen (secondary N) is 1. The molecule has 0 fully saturated rings. The number of hydrogen-bond acceptors (Lipinski definition) is 3. The first-order chi connectivity index (χ1) is 11.5. The fourth-order valence-electron chi connectivity index (χ4n) is 2.74. The summed E-state index contributed by atoms with van der Waals surface area (Å²) >= 11 is 0. The van der Waals surface area contributed by atoms with Gasteiger partial charge in [-0.25, -0.2) is 0 Å². The van der Waals surface area contributed by atoms with E-state index >= 15 is 0 Å². The molecular formula is C18H23N3O3. The van der Waals surface area contributed by atoms with E-state index in [0.717, 1.165) is 5.56 Å². The number of carboxylic acids is 1. The number of aliphatic carboxylic acids is 1. The van der Waals surface area contributed by atoms with Gasteiger partial charge in [-0.2, -0.15) is 5.10 Å². The molecule has 1 heterocycles. The smallest absolute Gasteiger partial charge is 0.315 e. The van der Waals surface area contributed by atoms with Gasteiger partial charge in [-0.15, -0.1) is 0 Å². The summed E-state index contributed by atoms with van der Waals surface area (Å²) in [5, 5.41) is 16.6. The van der Waals surface area contributed by atoms with Crippen molar-refractivity contribution in [1.29, 1.82) is 0 Å². The summed E-state index contributed by atoms with van der Waals surface area (Å²) in [4.78, 5) is 24.0. The number of aryl methyl sites for hydroxylation is 2. The lowest BCUT2D eigenvalue weighted by Crippen LogP contribution is -2.46. The summed E-state index contributed by atoms with van der Waals surface area (Å²) in [7, 11) is 1.83. The highest BCUT2D eigenvalue weighted by atomic mass is 16.4. The molecule has 0 spiro atoms. The second-order valence-electron chi connectivity index (χ2n) is 5.91. The monoisotopic (exact) mass is 329 g/mol. The van der Waals surface area contributed by atoms with Crippen LogP contribution in [0.25, 0.3) is 0 Å². The maximum Gasteiger partial charge on any atom is 0.315 e. The fraction of sp³-hybridized carbons (Fsp3) is 0.389. The van der Waals surface area contributed by atoms with Gasteiger partial charge in [-0.1, -0.05) is 37.3 Å². The molecule has 0 bridgehead atoms. The van der Waals surface area contributed by atoms with E-state index in [1.165, 1.54) is 0 Å². The molecule has 0 radical (unpaired) electrons. The van der Waals surface area contributed by atoms with E-state index in [1.54, 1.807) is 23.0 Å². The number of nitrogens with zero attached hydrogens (tertiary/aromatic N) is 2. The lowest BCUT2D eigenvalue weighted by Gasteiger charge is -2.29. The Morgan fingerprint density at radius 3 is 2.54 bits per heavy atom. The van der Waals surface area contributed by atoms with Crippen LogP contribution in [0.4, 0.5) is 0 Å². The van der Waals surface area contributed by atoms with E-state index in [9.17, 15) is 14.7 Å². The van der Waals surface area contributed by atoms with Crippen LogP contribution in [-0.2, 0) is 28.5 Å². The van der Waals surface area contributed by atoms with Crippen LogP contribution in [0.5, 0.6) is 0 Å². The maximum absolute atomic E-state index is 12.1. The first-order valence-electron chi connectivity index (χ1n) is 8.01. The highest BCUT2D eigenvalue weighted by Gasteiger charge is 2.38. The number of benzene rings is 1. The standard InChI is InChI=1S/C18H23N3O3/c1-3-18(17(23)24,15-7-5-4-6-8-15)13-19-16(22)10-9-14-11-20-21(2)12-14/h4-8,11-12H,3,9-10,13H2,1-2H3,(H,19,22)(H,23,24). The van der Waals surface area contributed by atoms with Crippen LogP contribution in [0, 0.1) is 0 Å². The van der Waals surface area contributed by atoms with Crippen LogP contribution in [0.15, 0.2) is 42.7 Å². The van der Waals surface area contributed by atoms with Crippen molar-refractivity contribution < 1.29 is 14.7 Å². The molecule has 0 saturated heterocycles. The predicted octanol–water partition coefficient (Wildman–Crippen LogP) is 1.90. The van der Waals surface area contributed by atoms with Crippen molar-refractivity contribution in [2.45, 2.75) is 31.6 Å². The predicted molar refractivity (Wildman–Crippen MR) is 90.6 cm³/mol. The van der Waals surface area contributed by atoms with E-state index in [0.29, 0.717) is 24.8 Å². The molecule has 0 aliphatic rings. The summed E-state index contributed by atoms with van der Waals surface area (Å²) in [5.41, 5.74) is 0.578. The van der Waals surface area contributed by atoms with Crippen LogP contribution in [-0.4, -0.2) is 33.3 Å². The van der Waals surface area contributed by atoms with Gasteiger partial charge in [-0.05, 0) is 24.0 Å². The van der Waals surface area contributed by atoms with Gasteiger partial charge in [-0.3, -0.25) is 14.3 Å². The number of carbonyl (C=O) groups is 2. The van der Waals surface area contributed by atoms with Crippen LogP contribution in [0.2, 0.25) is 0 Å². The minimum atomic E-state index is -1.11. The topological polar surface area (TPSA) is 84.2 Å². The van der Waals surface area contributed by atoms with Crippen molar-refractivity contribution in [2.75, 3.05) is 6.54 Å². The average Bonchev–Trinajstić information content (AvgIpc) is 3.00. The van der Waals surface area contributed by atoms with Crippen molar-refractivity contribution in [3.8, 4) is 0 Å². The first kappa shape index (κ1) is 17.7. The highest BCUT2D eigenvalue weighted by Crippen LogP contribution is 2.27. The van der Waals surface area contributed by atoms with E-state index in [1.807, 2.05) is 38.4 Å². The molecule has 1 amide bonds. The number of rotatable bonds is 8. The van der Waals surface area contributed by atoms with Gasteiger partial charge < -0.3 is 10.4 Å². The van der Waals surface area contributed by atoms with Crippen LogP contribution in [0.3, 0.4) is 0 Å². The second kappa shape index (κ2) is 7.77. The van der Waals surface area contributed by atoms with Gasteiger partial charge in [0.25, 0.3) is 0 Å². The zero-order valence-electron chi connectivity index (χ0n) is 14.0.